The lowest BCUT2D eigenvalue weighted by Gasteiger charge is -2.28. The third-order valence-electron chi connectivity index (χ3n) is 4.86. The Hall–Kier alpha value is -2.04. The number of aryl methyl sites for hydroxylation is 1. The van der Waals surface area contributed by atoms with Crippen molar-refractivity contribution >= 4 is 11.8 Å². The highest BCUT2D eigenvalue weighted by Gasteiger charge is 2.21. The topological polar surface area (TPSA) is 45.6 Å². The largest absolute Gasteiger partial charge is 0.353 e. The molecule has 0 saturated carbocycles. The second-order valence-electron chi connectivity index (χ2n) is 8.01. The van der Waals surface area contributed by atoms with Gasteiger partial charge in [-0.15, -0.1) is 6.58 Å². The lowest BCUT2D eigenvalue weighted by atomic mass is 10.1. The minimum atomic E-state index is -0.00363. The van der Waals surface area contributed by atoms with Gasteiger partial charge < -0.3 is 14.4 Å². The van der Waals surface area contributed by atoms with E-state index in [4.69, 9.17) is 0 Å². The zero-order valence-electron chi connectivity index (χ0n) is 18.3. The van der Waals surface area contributed by atoms with Crippen molar-refractivity contribution in [2.45, 2.75) is 65.8 Å². The molecule has 158 valence electrons. The minimum absolute atomic E-state index is 0.00363. The Morgan fingerprint density at radius 3 is 2.43 bits per heavy atom. The molecule has 1 heterocycles. The zero-order valence-corrected chi connectivity index (χ0v) is 18.3. The van der Waals surface area contributed by atoms with E-state index in [2.05, 4.69) is 27.4 Å². The van der Waals surface area contributed by atoms with Crippen LogP contribution in [0.1, 0.15) is 65.0 Å². The molecule has 5 nitrogen and oxygen atoms in total. The summed E-state index contributed by atoms with van der Waals surface area (Å²) >= 11 is 0. The molecule has 5 heteroatoms. The summed E-state index contributed by atoms with van der Waals surface area (Å²) in [6.45, 7) is 11.9. The van der Waals surface area contributed by atoms with E-state index >= 15 is 0 Å². The van der Waals surface area contributed by atoms with Gasteiger partial charge in [0.25, 0.3) is 0 Å². The molecule has 0 N–H and O–H groups in total. The molecule has 0 aromatic carbocycles. The van der Waals surface area contributed by atoms with Gasteiger partial charge in [-0.05, 0) is 24.5 Å². The molecule has 0 unspecified atom stereocenters. The molecule has 0 saturated heterocycles. The van der Waals surface area contributed by atoms with Crippen molar-refractivity contribution in [3.05, 3.63) is 36.7 Å². The van der Waals surface area contributed by atoms with E-state index < -0.39 is 0 Å². The molecule has 0 spiro atoms. The summed E-state index contributed by atoms with van der Waals surface area (Å²) in [4.78, 5) is 29.1. The maximum absolute atomic E-state index is 13.0. The van der Waals surface area contributed by atoms with Crippen LogP contribution in [0.5, 0.6) is 0 Å². The summed E-state index contributed by atoms with van der Waals surface area (Å²) in [5.74, 6) is 0.413. The number of carbonyl (C=O) groups is 2. The van der Waals surface area contributed by atoms with Gasteiger partial charge >= 0.3 is 0 Å². The standard InChI is InChI=1S/C23H39N3O2/c1-6-8-9-10-11-14-22(27)25(15-7-2)19-23(28)26(17-20(3)4)18-21-13-12-16-24(21)5/h7,12-13,16,20H,2,6,8-11,14-15,17-19H2,1,3-5H3. The molecular formula is C23H39N3O2. The molecule has 0 bridgehead atoms. The minimum Gasteiger partial charge on any atom is -0.353 e. The second kappa shape index (κ2) is 13.2. The van der Waals surface area contributed by atoms with Crippen LogP contribution in [-0.2, 0) is 23.2 Å². The van der Waals surface area contributed by atoms with Gasteiger partial charge in [-0.1, -0.05) is 52.5 Å². The maximum atomic E-state index is 13.0. The van der Waals surface area contributed by atoms with Crippen LogP contribution >= 0.6 is 0 Å². The van der Waals surface area contributed by atoms with Crippen LogP contribution < -0.4 is 0 Å². The van der Waals surface area contributed by atoms with Crippen molar-refractivity contribution < 1.29 is 9.59 Å². The van der Waals surface area contributed by atoms with Gasteiger partial charge in [0.2, 0.25) is 11.8 Å². The van der Waals surface area contributed by atoms with E-state index in [0.717, 1.165) is 18.5 Å². The number of unbranched alkanes of at least 4 members (excludes halogenated alkanes) is 4. The monoisotopic (exact) mass is 389 g/mol. The predicted octanol–water partition coefficient (Wildman–Crippen LogP) is 4.38. The molecule has 0 aliphatic carbocycles. The van der Waals surface area contributed by atoms with E-state index in [1.165, 1.54) is 19.3 Å². The number of hydrogen-bond donors (Lipinski definition) is 0. The summed E-state index contributed by atoms with van der Waals surface area (Å²) in [6, 6.07) is 4.02. The quantitative estimate of drug-likeness (QED) is 0.350. The molecule has 1 rings (SSSR count). The molecule has 0 atom stereocenters. The summed E-state index contributed by atoms with van der Waals surface area (Å²) < 4.78 is 2.03. The van der Waals surface area contributed by atoms with Crippen LogP contribution in [0.4, 0.5) is 0 Å². The fourth-order valence-corrected chi connectivity index (χ4v) is 3.26. The van der Waals surface area contributed by atoms with Crippen LogP contribution in [0, 0.1) is 5.92 Å². The van der Waals surface area contributed by atoms with Crippen molar-refractivity contribution in [3.63, 3.8) is 0 Å². The number of hydrogen-bond acceptors (Lipinski definition) is 2. The highest BCUT2D eigenvalue weighted by atomic mass is 16.2. The summed E-state index contributed by atoms with van der Waals surface area (Å²) in [5, 5.41) is 0. The average Bonchev–Trinajstić information content (AvgIpc) is 3.04. The number of aromatic nitrogens is 1. The Balaban J connectivity index is 2.69. The van der Waals surface area contributed by atoms with Crippen molar-refractivity contribution in [1.82, 2.24) is 14.4 Å². The molecule has 0 aliphatic rings. The van der Waals surface area contributed by atoms with Gasteiger partial charge in [0.1, 0.15) is 6.54 Å². The fraction of sp³-hybridized carbons (Fsp3) is 0.652. The van der Waals surface area contributed by atoms with Crippen LogP contribution in [0.2, 0.25) is 0 Å². The Morgan fingerprint density at radius 2 is 1.86 bits per heavy atom. The Kier molecular flexibility index (Phi) is 11.3. The highest BCUT2D eigenvalue weighted by Crippen LogP contribution is 2.11. The van der Waals surface area contributed by atoms with E-state index in [-0.39, 0.29) is 18.4 Å². The SMILES string of the molecule is C=CCN(CC(=O)N(Cc1cccn1C)CC(C)C)C(=O)CCCCCCC. The van der Waals surface area contributed by atoms with Gasteiger partial charge in [0.05, 0.1) is 6.54 Å². The zero-order chi connectivity index (χ0) is 20.9. The second-order valence-corrected chi connectivity index (χ2v) is 8.01. The fourth-order valence-electron chi connectivity index (χ4n) is 3.26. The number of nitrogens with zero attached hydrogens (tertiary/aromatic N) is 3. The van der Waals surface area contributed by atoms with Crippen LogP contribution in [-0.4, -0.2) is 45.8 Å². The molecule has 1 aromatic heterocycles. The maximum Gasteiger partial charge on any atom is 0.242 e. The van der Waals surface area contributed by atoms with Crippen molar-refractivity contribution in [1.29, 1.82) is 0 Å². The molecule has 0 radical (unpaired) electrons. The Bertz CT molecular complexity index is 607. The summed E-state index contributed by atoms with van der Waals surface area (Å²) in [6.07, 6.45) is 9.73. The first-order valence-electron chi connectivity index (χ1n) is 10.7. The van der Waals surface area contributed by atoms with Gasteiger partial charge in [0.15, 0.2) is 0 Å². The third-order valence-corrected chi connectivity index (χ3v) is 4.86. The lowest BCUT2D eigenvalue weighted by molar-refractivity contribution is -0.140. The van der Waals surface area contributed by atoms with Gasteiger partial charge in [0, 0.05) is 38.4 Å². The molecule has 0 fully saturated rings. The van der Waals surface area contributed by atoms with Crippen molar-refractivity contribution in [3.8, 4) is 0 Å². The lowest BCUT2D eigenvalue weighted by Crippen LogP contribution is -2.44. The number of carbonyl (C=O) groups excluding carboxylic acids is 2. The first kappa shape index (κ1) is 24.0. The molecule has 2 amide bonds. The molecule has 1 aromatic rings. The van der Waals surface area contributed by atoms with Gasteiger partial charge in [-0.3, -0.25) is 9.59 Å². The van der Waals surface area contributed by atoms with E-state index in [1.807, 2.05) is 34.8 Å². The smallest absolute Gasteiger partial charge is 0.242 e. The normalized spacial score (nSPS) is 10.9. The molecule has 28 heavy (non-hydrogen) atoms. The number of amides is 2. The van der Waals surface area contributed by atoms with Gasteiger partial charge in [-0.2, -0.15) is 0 Å². The predicted molar refractivity (Wildman–Crippen MR) is 116 cm³/mol. The molecule has 0 aliphatic heterocycles. The average molecular weight is 390 g/mol. The summed E-state index contributed by atoms with van der Waals surface area (Å²) in [7, 11) is 1.99. The molecular weight excluding hydrogens is 350 g/mol. The summed E-state index contributed by atoms with van der Waals surface area (Å²) in [5.41, 5.74) is 1.09. The van der Waals surface area contributed by atoms with E-state index in [1.54, 1.807) is 11.0 Å². The van der Waals surface area contributed by atoms with Crippen molar-refractivity contribution in [2.75, 3.05) is 19.6 Å². The number of rotatable bonds is 14. The first-order valence-corrected chi connectivity index (χ1v) is 10.7. The van der Waals surface area contributed by atoms with Gasteiger partial charge in [-0.25, -0.2) is 0 Å². The van der Waals surface area contributed by atoms with Crippen LogP contribution in [0.25, 0.3) is 0 Å². The Labute approximate surface area is 171 Å². The Morgan fingerprint density at radius 1 is 1.14 bits per heavy atom. The highest BCUT2D eigenvalue weighted by molar-refractivity contribution is 5.85. The third kappa shape index (κ3) is 8.77. The van der Waals surface area contributed by atoms with E-state index in [0.29, 0.717) is 32.0 Å². The first-order chi connectivity index (χ1) is 13.4. The van der Waals surface area contributed by atoms with E-state index in [9.17, 15) is 9.59 Å². The van der Waals surface area contributed by atoms with Crippen molar-refractivity contribution in [2.24, 2.45) is 13.0 Å². The van der Waals surface area contributed by atoms with Crippen LogP contribution in [0.15, 0.2) is 31.0 Å². The van der Waals surface area contributed by atoms with Crippen LogP contribution in [0.3, 0.4) is 0 Å².